The number of hydrogen-bond acceptors (Lipinski definition) is 2. The Labute approximate surface area is 155 Å². The molecule has 136 valence electrons. The maximum absolute atomic E-state index is 11.3. The molecule has 4 nitrogen and oxygen atoms in total. The van der Waals surface area contributed by atoms with Crippen LogP contribution in [-0.4, -0.2) is 11.8 Å². The minimum Gasteiger partial charge on any atom is -0.326 e. The normalized spacial score (nSPS) is 15.9. The van der Waals surface area contributed by atoms with Crippen LogP contribution in [0.1, 0.15) is 57.1 Å². The second-order valence-electron chi connectivity index (χ2n) is 7.16. The highest BCUT2D eigenvalue weighted by molar-refractivity contribution is 5.89. The molecule has 0 aliphatic heterocycles. The van der Waals surface area contributed by atoms with Crippen LogP contribution in [-0.2, 0) is 15.0 Å². The zero-order chi connectivity index (χ0) is 18.6. The van der Waals surface area contributed by atoms with E-state index in [9.17, 15) is 9.59 Å². The van der Waals surface area contributed by atoms with Crippen LogP contribution in [0.3, 0.4) is 0 Å². The van der Waals surface area contributed by atoms with E-state index in [0.717, 1.165) is 24.2 Å². The maximum atomic E-state index is 11.3. The smallest absolute Gasteiger partial charge is 0.221 e. The van der Waals surface area contributed by atoms with Gasteiger partial charge in [0.25, 0.3) is 0 Å². The van der Waals surface area contributed by atoms with Crippen LogP contribution >= 0.6 is 0 Å². The SMILES string of the molecule is CC(=O)Nc1ccc(C2(c3ccc(NC(C)=O)cc3)CCCCC2)cc1. The number of carbonyl (C=O) groups excluding carboxylic acids is 2. The standard InChI is InChI=1S/C22H26N2O2/c1-16(25)23-20-10-6-18(7-11-20)22(14-4-3-5-15-22)19-8-12-21(13-9-19)24-17(2)26/h6-13H,3-5,14-15H2,1-2H3,(H,23,25)(H,24,26). The van der Waals surface area contributed by atoms with Crippen molar-refractivity contribution in [2.45, 2.75) is 51.4 Å². The van der Waals surface area contributed by atoms with Crippen molar-refractivity contribution >= 4 is 23.2 Å². The molecule has 3 rings (SSSR count). The van der Waals surface area contributed by atoms with Crippen LogP contribution < -0.4 is 10.6 Å². The molecule has 1 aliphatic rings. The fourth-order valence-electron chi connectivity index (χ4n) is 4.05. The van der Waals surface area contributed by atoms with E-state index in [1.54, 1.807) is 0 Å². The Morgan fingerprint density at radius 3 is 1.42 bits per heavy atom. The predicted octanol–water partition coefficient (Wildman–Crippen LogP) is 4.85. The largest absolute Gasteiger partial charge is 0.326 e. The molecule has 0 atom stereocenters. The summed E-state index contributed by atoms with van der Waals surface area (Å²) in [6.45, 7) is 3.04. The molecular weight excluding hydrogens is 324 g/mol. The summed E-state index contributed by atoms with van der Waals surface area (Å²) in [5.74, 6) is -0.114. The van der Waals surface area contributed by atoms with E-state index in [2.05, 4.69) is 34.9 Å². The van der Waals surface area contributed by atoms with Crippen molar-refractivity contribution in [1.82, 2.24) is 0 Å². The molecule has 4 heteroatoms. The number of anilines is 2. The third kappa shape index (κ3) is 3.96. The molecule has 2 aromatic carbocycles. The summed E-state index contributed by atoms with van der Waals surface area (Å²) in [5, 5.41) is 5.67. The summed E-state index contributed by atoms with van der Waals surface area (Å²) in [5.41, 5.74) is 4.24. The lowest BCUT2D eigenvalue weighted by Gasteiger charge is -2.39. The first-order valence-electron chi connectivity index (χ1n) is 9.26. The van der Waals surface area contributed by atoms with E-state index in [-0.39, 0.29) is 17.2 Å². The topological polar surface area (TPSA) is 58.2 Å². The predicted molar refractivity (Wildman–Crippen MR) is 105 cm³/mol. The zero-order valence-corrected chi connectivity index (χ0v) is 15.5. The van der Waals surface area contributed by atoms with Crippen LogP contribution in [0.2, 0.25) is 0 Å². The van der Waals surface area contributed by atoms with Gasteiger partial charge in [-0.3, -0.25) is 9.59 Å². The van der Waals surface area contributed by atoms with Gasteiger partial charge in [0.15, 0.2) is 0 Å². The second-order valence-corrected chi connectivity index (χ2v) is 7.16. The zero-order valence-electron chi connectivity index (χ0n) is 15.5. The van der Waals surface area contributed by atoms with Gasteiger partial charge in [0.05, 0.1) is 0 Å². The quantitative estimate of drug-likeness (QED) is 0.828. The highest BCUT2D eigenvalue weighted by Crippen LogP contribution is 2.45. The van der Waals surface area contributed by atoms with Gasteiger partial charge in [-0.05, 0) is 48.2 Å². The fraction of sp³-hybridized carbons (Fsp3) is 0.364. The number of nitrogens with one attached hydrogen (secondary N) is 2. The van der Waals surface area contributed by atoms with E-state index in [1.807, 2.05) is 24.3 Å². The van der Waals surface area contributed by atoms with Gasteiger partial charge in [-0.25, -0.2) is 0 Å². The first-order valence-corrected chi connectivity index (χ1v) is 9.26. The molecule has 0 saturated heterocycles. The first kappa shape index (κ1) is 18.2. The van der Waals surface area contributed by atoms with E-state index in [1.165, 1.54) is 44.2 Å². The lowest BCUT2D eigenvalue weighted by atomic mass is 9.65. The van der Waals surface area contributed by atoms with Crippen LogP contribution in [0.25, 0.3) is 0 Å². The van der Waals surface area contributed by atoms with Crippen molar-refractivity contribution in [2.75, 3.05) is 10.6 Å². The lowest BCUT2D eigenvalue weighted by Crippen LogP contribution is -2.30. The summed E-state index contributed by atoms with van der Waals surface area (Å²) in [7, 11) is 0. The summed E-state index contributed by atoms with van der Waals surface area (Å²) >= 11 is 0. The van der Waals surface area contributed by atoms with Crippen molar-refractivity contribution in [3.05, 3.63) is 59.7 Å². The molecule has 26 heavy (non-hydrogen) atoms. The number of hydrogen-bond donors (Lipinski definition) is 2. The third-order valence-electron chi connectivity index (χ3n) is 5.22. The van der Waals surface area contributed by atoms with Crippen molar-refractivity contribution in [3.8, 4) is 0 Å². The average Bonchev–Trinajstić information content (AvgIpc) is 2.62. The molecule has 0 bridgehead atoms. The molecule has 1 aliphatic carbocycles. The maximum Gasteiger partial charge on any atom is 0.221 e. The fourth-order valence-corrected chi connectivity index (χ4v) is 4.05. The molecular formula is C22H26N2O2. The second kappa shape index (κ2) is 7.73. The number of rotatable bonds is 4. The van der Waals surface area contributed by atoms with Crippen LogP contribution in [0.5, 0.6) is 0 Å². The molecule has 2 amide bonds. The van der Waals surface area contributed by atoms with Gasteiger partial charge >= 0.3 is 0 Å². The number of benzene rings is 2. The summed E-state index contributed by atoms with van der Waals surface area (Å²) in [4.78, 5) is 22.5. The molecule has 1 saturated carbocycles. The van der Waals surface area contributed by atoms with Gasteiger partial charge in [-0.1, -0.05) is 43.5 Å². The summed E-state index contributed by atoms with van der Waals surface area (Å²) in [6, 6.07) is 16.5. The van der Waals surface area contributed by atoms with E-state index in [0.29, 0.717) is 0 Å². The molecule has 0 radical (unpaired) electrons. The van der Waals surface area contributed by atoms with Gasteiger partial charge < -0.3 is 10.6 Å². The Kier molecular flexibility index (Phi) is 5.40. The van der Waals surface area contributed by atoms with Crippen molar-refractivity contribution in [3.63, 3.8) is 0 Å². The van der Waals surface area contributed by atoms with Crippen LogP contribution in [0, 0.1) is 0 Å². The number of carbonyl (C=O) groups is 2. The molecule has 1 fully saturated rings. The Morgan fingerprint density at radius 1 is 0.692 bits per heavy atom. The van der Waals surface area contributed by atoms with E-state index in [4.69, 9.17) is 0 Å². The van der Waals surface area contributed by atoms with Crippen molar-refractivity contribution < 1.29 is 9.59 Å². The Bertz CT molecular complexity index is 711. The van der Waals surface area contributed by atoms with Gasteiger partial charge in [0, 0.05) is 30.6 Å². The van der Waals surface area contributed by atoms with Gasteiger partial charge in [-0.15, -0.1) is 0 Å². The summed E-state index contributed by atoms with van der Waals surface area (Å²) in [6.07, 6.45) is 5.93. The van der Waals surface area contributed by atoms with Crippen LogP contribution in [0.4, 0.5) is 11.4 Å². The first-order chi connectivity index (χ1) is 12.5. The Balaban J connectivity index is 1.93. The van der Waals surface area contributed by atoms with Crippen molar-refractivity contribution in [2.24, 2.45) is 0 Å². The Morgan fingerprint density at radius 2 is 1.08 bits per heavy atom. The average molecular weight is 350 g/mol. The van der Waals surface area contributed by atoms with E-state index < -0.39 is 0 Å². The monoisotopic (exact) mass is 350 g/mol. The minimum absolute atomic E-state index is 0.00174. The van der Waals surface area contributed by atoms with Crippen molar-refractivity contribution in [1.29, 1.82) is 0 Å². The third-order valence-corrected chi connectivity index (χ3v) is 5.22. The van der Waals surface area contributed by atoms with E-state index >= 15 is 0 Å². The Hall–Kier alpha value is -2.62. The molecule has 2 aromatic rings. The summed E-state index contributed by atoms with van der Waals surface area (Å²) < 4.78 is 0. The molecule has 0 unspecified atom stereocenters. The molecule has 0 aromatic heterocycles. The lowest BCUT2D eigenvalue weighted by molar-refractivity contribution is -0.115. The molecule has 2 N–H and O–H groups in total. The number of amides is 2. The molecule has 0 heterocycles. The highest BCUT2D eigenvalue weighted by Gasteiger charge is 2.35. The van der Waals surface area contributed by atoms with Gasteiger partial charge in [0.2, 0.25) is 11.8 Å². The van der Waals surface area contributed by atoms with Crippen LogP contribution in [0.15, 0.2) is 48.5 Å². The molecule has 0 spiro atoms. The minimum atomic E-state index is -0.0568. The van der Waals surface area contributed by atoms with Gasteiger partial charge in [0.1, 0.15) is 0 Å². The highest BCUT2D eigenvalue weighted by atomic mass is 16.2. The van der Waals surface area contributed by atoms with Gasteiger partial charge in [-0.2, -0.15) is 0 Å².